The minimum atomic E-state index is -2.35. The normalized spacial score (nSPS) is 15.9. The Bertz CT molecular complexity index is 146. The van der Waals surface area contributed by atoms with E-state index in [2.05, 4.69) is 4.74 Å². The van der Waals surface area contributed by atoms with Crippen LogP contribution in [0.15, 0.2) is 0 Å². The lowest BCUT2D eigenvalue weighted by molar-refractivity contribution is -0.142. The lowest BCUT2D eigenvalue weighted by atomic mass is 10.4. The topological polar surface area (TPSA) is 92.5 Å². The first-order valence-corrected chi connectivity index (χ1v) is 3.76. The summed E-state index contributed by atoms with van der Waals surface area (Å²) in [5.74, 6) is -1.34. The maximum absolute atomic E-state index is 10.4. The number of rotatable bonds is 3. The van der Waals surface area contributed by atoms with Gasteiger partial charge in [0.25, 0.3) is 0 Å². The molecule has 0 aromatic heterocycles. The highest BCUT2D eigenvalue weighted by molar-refractivity contribution is 7.78. The molecule has 0 aliphatic heterocycles. The van der Waals surface area contributed by atoms with Crippen molar-refractivity contribution in [2.24, 2.45) is 5.73 Å². The third kappa shape index (κ3) is 4.42. The summed E-state index contributed by atoms with van der Waals surface area (Å²) in [6.07, 6.45) is 0. The number of hydrogen-bond acceptors (Lipinski definition) is 5. The molecule has 0 heterocycles. The molecule has 1 unspecified atom stereocenters. The zero-order valence-corrected chi connectivity index (χ0v) is 6.22. The quantitative estimate of drug-likeness (QED) is 0.416. The molecule has 2 atom stereocenters. The number of nitrogens with two attached hydrogens (primary N) is 1. The van der Waals surface area contributed by atoms with E-state index >= 15 is 0 Å². The molecule has 0 fully saturated rings. The maximum Gasteiger partial charge on any atom is 0.323 e. The van der Waals surface area contributed by atoms with Crippen LogP contribution >= 0.6 is 0 Å². The van der Waals surface area contributed by atoms with E-state index < -0.39 is 29.0 Å². The highest BCUT2D eigenvalue weighted by atomic mass is 32.2. The summed E-state index contributed by atoms with van der Waals surface area (Å²) in [4.78, 5) is 10.4. The van der Waals surface area contributed by atoms with Gasteiger partial charge < -0.3 is 15.0 Å². The van der Waals surface area contributed by atoms with Gasteiger partial charge >= 0.3 is 5.97 Å². The molecule has 5 nitrogen and oxygen atoms in total. The van der Waals surface area contributed by atoms with Gasteiger partial charge in [-0.15, -0.1) is 0 Å². The predicted octanol–water partition coefficient (Wildman–Crippen LogP) is -1.29. The first-order valence-electron chi connectivity index (χ1n) is 2.52. The second-order valence-corrected chi connectivity index (χ2v) is 2.52. The second-order valence-electron chi connectivity index (χ2n) is 1.67. The summed E-state index contributed by atoms with van der Waals surface area (Å²) < 4.78 is 23.8. The summed E-state index contributed by atoms with van der Waals surface area (Å²) in [7, 11) is 0. The Morgan fingerprint density at radius 1 is 1.90 bits per heavy atom. The van der Waals surface area contributed by atoms with Gasteiger partial charge in [-0.25, -0.2) is 0 Å². The van der Waals surface area contributed by atoms with Crippen molar-refractivity contribution in [2.75, 3.05) is 5.94 Å². The largest absolute Gasteiger partial charge is 0.770 e. The Hall–Kier alpha value is -0.460. The zero-order chi connectivity index (χ0) is 8.15. The lowest BCUT2D eigenvalue weighted by Gasteiger charge is -2.07. The Kier molecular flexibility index (Phi) is 4.17. The van der Waals surface area contributed by atoms with Crippen molar-refractivity contribution >= 4 is 17.0 Å². The summed E-state index contributed by atoms with van der Waals surface area (Å²) in [6.45, 7) is 1.41. The molecule has 0 aliphatic carbocycles. The highest BCUT2D eigenvalue weighted by Gasteiger charge is 2.07. The molecule has 0 rings (SSSR count). The number of ether oxygens (including phenoxy) is 1. The molecule has 0 saturated heterocycles. The maximum atomic E-state index is 10.4. The SMILES string of the molecule is C[C@H](N)C(=O)OCS(=O)[O-]. The fraction of sp³-hybridized carbons (Fsp3) is 0.750. The van der Waals surface area contributed by atoms with Crippen LogP contribution in [0.1, 0.15) is 6.92 Å². The van der Waals surface area contributed by atoms with Crippen LogP contribution in [0, 0.1) is 0 Å². The minimum Gasteiger partial charge on any atom is -0.770 e. The van der Waals surface area contributed by atoms with E-state index in [1.807, 2.05) is 0 Å². The van der Waals surface area contributed by atoms with Crippen molar-refractivity contribution in [1.29, 1.82) is 0 Å². The van der Waals surface area contributed by atoms with E-state index in [1.54, 1.807) is 0 Å². The molecule has 0 saturated carbocycles. The minimum absolute atomic E-state index is 0.625. The molecule has 2 N–H and O–H groups in total. The van der Waals surface area contributed by atoms with E-state index in [0.717, 1.165) is 0 Å². The summed E-state index contributed by atoms with van der Waals surface area (Å²) in [5, 5.41) is 0. The van der Waals surface area contributed by atoms with Crippen LogP contribution in [-0.4, -0.2) is 26.7 Å². The molecule has 10 heavy (non-hydrogen) atoms. The van der Waals surface area contributed by atoms with Gasteiger partial charge in [-0.1, -0.05) is 0 Å². The zero-order valence-electron chi connectivity index (χ0n) is 5.40. The van der Waals surface area contributed by atoms with Crippen molar-refractivity contribution in [3.8, 4) is 0 Å². The van der Waals surface area contributed by atoms with Crippen LogP contribution in [0.25, 0.3) is 0 Å². The van der Waals surface area contributed by atoms with E-state index in [0.29, 0.717) is 0 Å². The van der Waals surface area contributed by atoms with Crippen molar-refractivity contribution in [3.05, 3.63) is 0 Å². The van der Waals surface area contributed by atoms with Crippen molar-refractivity contribution < 1.29 is 18.3 Å². The van der Waals surface area contributed by atoms with Crippen molar-refractivity contribution in [3.63, 3.8) is 0 Å². The van der Waals surface area contributed by atoms with Crippen molar-refractivity contribution in [1.82, 2.24) is 0 Å². The van der Waals surface area contributed by atoms with E-state index in [4.69, 9.17) is 5.73 Å². The Labute approximate surface area is 60.8 Å². The van der Waals surface area contributed by atoms with Gasteiger partial charge in [-0.3, -0.25) is 9.00 Å². The fourth-order valence-corrected chi connectivity index (χ4v) is 0.450. The molecular formula is C4H8NO4S-. The molecule has 0 bridgehead atoms. The summed E-state index contributed by atoms with van der Waals surface area (Å²) in [6, 6.07) is -0.774. The van der Waals surface area contributed by atoms with Gasteiger partial charge in [0.2, 0.25) is 0 Å². The van der Waals surface area contributed by atoms with Crippen LogP contribution in [-0.2, 0) is 20.6 Å². The Morgan fingerprint density at radius 3 is 2.70 bits per heavy atom. The number of hydrogen-bond donors (Lipinski definition) is 1. The smallest absolute Gasteiger partial charge is 0.323 e. The van der Waals surface area contributed by atoms with Crippen LogP contribution in [0.5, 0.6) is 0 Å². The Morgan fingerprint density at radius 2 is 2.40 bits per heavy atom. The predicted molar refractivity (Wildman–Crippen MR) is 33.5 cm³/mol. The van der Waals surface area contributed by atoms with Gasteiger partial charge in [0.05, 0.1) is 0 Å². The van der Waals surface area contributed by atoms with E-state index in [-0.39, 0.29) is 0 Å². The standard InChI is InChI=1S/C4H9NO4S/c1-3(5)4(6)9-2-10(7)8/h3H,2,5H2,1H3,(H,7,8)/p-1/t3-/m0/s1. The number of carbonyl (C=O) groups is 1. The fourth-order valence-electron chi connectivity index (χ4n) is 0.238. The highest BCUT2D eigenvalue weighted by Crippen LogP contribution is 1.84. The lowest BCUT2D eigenvalue weighted by Crippen LogP contribution is -2.29. The van der Waals surface area contributed by atoms with Crippen LogP contribution in [0.3, 0.4) is 0 Å². The first-order chi connectivity index (χ1) is 4.54. The third-order valence-corrected chi connectivity index (χ3v) is 0.979. The molecule has 6 heteroatoms. The first kappa shape index (κ1) is 9.54. The molecular weight excluding hydrogens is 158 g/mol. The van der Waals surface area contributed by atoms with Crippen LogP contribution in [0.2, 0.25) is 0 Å². The Balaban J connectivity index is 3.50. The van der Waals surface area contributed by atoms with E-state index in [1.165, 1.54) is 6.92 Å². The second kappa shape index (κ2) is 4.37. The van der Waals surface area contributed by atoms with Gasteiger partial charge in [0, 0.05) is 0 Å². The summed E-state index contributed by atoms with van der Waals surface area (Å²) in [5.41, 5.74) is 5.05. The molecule has 60 valence electrons. The van der Waals surface area contributed by atoms with Gasteiger partial charge in [-0.05, 0) is 18.0 Å². The van der Waals surface area contributed by atoms with Gasteiger partial charge in [-0.2, -0.15) is 0 Å². The summed E-state index contributed by atoms with van der Waals surface area (Å²) >= 11 is -2.35. The molecule has 0 aromatic rings. The third-order valence-electron chi connectivity index (χ3n) is 0.669. The molecule has 0 aromatic carbocycles. The monoisotopic (exact) mass is 166 g/mol. The van der Waals surface area contributed by atoms with Gasteiger partial charge in [0.15, 0.2) is 5.94 Å². The molecule has 0 amide bonds. The van der Waals surface area contributed by atoms with Crippen molar-refractivity contribution in [2.45, 2.75) is 13.0 Å². The number of carbonyl (C=O) groups excluding carboxylic acids is 1. The van der Waals surface area contributed by atoms with Gasteiger partial charge in [0.1, 0.15) is 6.04 Å². The molecule has 0 aliphatic rings. The number of esters is 1. The van der Waals surface area contributed by atoms with Crippen LogP contribution < -0.4 is 5.73 Å². The van der Waals surface area contributed by atoms with Crippen LogP contribution in [0.4, 0.5) is 0 Å². The molecule has 0 radical (unpaired) electrons. The average Bonchev–Trinajstić information content (AvgIpc) is 1.82. The average molecular weight is 166 g/mol. The van der Waals surface area contributed by atoms with E-state index in [9.17, 15) is 13.6 Å². The molecule has 0 spiro atoms.